The lowest BCUT2D eigenvalue weighted by atomic mass is 10.1. The molecule has 1 fully saturated rings. The Morgan fingerprint density at radius 3 is 2.87 bits per heavy atom. The van der Waals surface area contributed by atoms with Gasteiger partial charge in [-0.15, -0.1) is 0 Å². The first-order valence-corrected chi connectivity index (χ1v) is 7.44. The van der Waals surface area contributed by atoms with Crippen molar-refractivity contribution in [3.05, 3.63) is 53.5 Å². The Balaban J connectivity index is 1.92. The lowest BCUT2D eigenvalue weighted by Gasteiger charge is -2.10. The summed E-state index contributed by atoms with van der Waals surface area (Å²) in [6, 6.07) is 7.63. The number of hydrogen-bond acceptors (Lipinski definition) is 4. The summed E-state index contributed by atoms with van der Waals surface area (Å²) in [5.41, 5.74) is 2.33. The zero-order valence-corrected chi connectivity index (χ0v) is 13.6. The number of nitrogens with one attached hydrogen (secondary N) is 1. The van der Waals surface area contributed by atoms with Crippen LogP contribution in [0.1, 0.15) is 11.1 Å². The largest absolute Gasteiger partial charge is 0.496 e. The van der Waals surface area contributed by atoms with E-state index in [0.29, 0.717) is 17.4 Å². The summed E-state index contributed by atoms with van der Waals surface area (Å²) in [6.07, 6.45) is 5.40. The first-order valence-electron chi connectivity index (χ1n) is 7.03. The van der Waals surface area contributed by atoms with Crippen LogP contribution in [0.15, 0.2) is 42.4 Å². The van der Waals surface area contributed by atoms with E-state index in [1.54, 1.807) is 26.4 Å². The van der Waals surface area contributed by atoms with E-state index in [4.69, 9.17) is 17.0 Å². The Bertz CT molecular complexity index is 783. The highest BCUT2D eigenvalue weighted by Crippen LogP contribution is 2.23. The predicted octanol–water partition coefficient (Wildman–Crippen LogP) is 1.63. The number of carbonyl (C=O) groups is 1. The maximum Gasteiger partial charge on any atom is 0.276 e. The molecule has 2 heterocycles. The molecule has 1 N–H and O–H groups in total. The van der Waals surface area contributed by atoms with Crippen LogP contribution in [0.25, 0.3) is 6.08 Å². The van der Waals surface area contributed by atoms with Crippen molar-refractivity contribution in [3.63, 3.8) is 0 Å². The summed E-state index contributed by atoms with van der Waals surface area (Å²) < 4.78 is 7.22. The van der Waals surface area contributed by atoms with Crippen LogP contribution in [0.2, 0.25) is 0 Å². The predicted molar refractivity (Wildman–Crippen MR) is 90.8 cm³/mol. The van der Waals surface area contributed by atoms with E-state index in [0.717, 1.165) is 16.9 Å². The van der Waals surface area contributed by atoms with E-state index in [1.165, 1.54) is 4.90 Å². The third-order valence-corrected chi connectivity index (χ3v) is 3.96. The van der Waals surface area contributed by atoms with Gasteiger partial charge in [-0.2, -0.15) is 5.10 Å². The van der Waals surface area contributed by atoms with Crippen molar-refractivity contribution in [2.75, 3.05) is 14.2 Å². The van der Waals surface area contributed by atoms with Gasteiger partial charge in [0, 0.05) is 25.0 Å². The minimum Gasteiger partial charge on any atom is -0.496 e. The van der Waals surface area contributed by atoms with Crippen LogP contribution in [-0.2, 0) is 11.3 Å². The van der Waals surface area contributed by atoms with Crippen molar-refractivity contribution >= 4 is 29.3 Å². The van der Waals surface area contributed by atoms with Gasteiger partial charge in [-0.3, -0.25) is 14.4 Å². The Hall–Kier alpha value is -2.67. The molecule has 1 aromatic heterocycles. The van der Waals surface area contributed by atoms with Crippen molar-refractivity contribution in [2.24, 2.45) is 0 Å². The molecule has 1 aromatic carbocycles. The molecule has 0 aliphatic carbocycles. The molecule has 6 nitrogen and oxygen atoms in total. The number of methoxy groups -OCH3 is 1. The molecule has 0 saturated carbocycles. The number of benzene rings is 1. The van der Waals surface area contributed by atoms with Gasteiger partial charge in [0.1, 0.15) is 11.4 Å². The Kier molecular flexibility index (Phi) is 4.12. The molecule has 0 spiro atoms. The van der Waals surface area contributed by atoms with E-state index < -0.39 is 0 Å². The molecule has 1 saturated heterocycles. The van der Waals surface area contributed by atoms with Gasteiger partial charge in [0.25, 0.3) is 5.91 Å². The molecule has 3 rings (SSSR count). The fourth-order valence-corrected chi connectivity index (χ4v) is 2.56. The molecule has 0 unspecified atom stereocenters. The quantitative estimate of drug-likeness (QED) is 0.683. The van der Waals surface area contributed by atoms with Crippen LogP contribution in [0.4, 0.5) is 0 Å². The van der Waals surface area contributed by atoms with Crippen molar-refractivity contribution in [2.45, 2.75) is 6.54 Å². The molecule has 7 heteroatoms. The molecular weight excluding hydrogens is 312 g/mol. The van der Waals surface area contributed by atoms with Crippen molar-refractivity contribution in [1.82, 2.24) is 20.0 Å². The molecule has 0 atom stereocenters. The van der Waals surface area contributed by atoms with Crippen LogP contribution in [-0.4, -0.2) is 39.9 Å². The van der Waals surface area contributed by atoms with Gasteiger partial charge in [0.2, 0.25) is 0 Å². The Morgan fingerprint density at radius 2 is 2.26 bits per heavy atom. The Labute approximate surface area is 139 Å². The van der Waals surface area contributed by atoms with Crippen LogP contribution in [0.5, 0.6) is 5.75 Å². The van der Waals surface area contributed by atoms with E-state index in [9.17, 15) is 4.79 Å². The molecule has 0 radical (unpaired) electrons. The minimum absolute atomic E-state index is 0.139. The van der Waals surface area contributed by atoms with E-state index in [2.05, 4.69) is 10.4 Å². The first-order chi connectivity index (χ1) is 11.1. The van der Waals surface area contributed by atoms with Gasteiger partial charge in [-0.1, -0.05) is 6.07 Å². The second-order valence-corrected chi connectivity index (χ2v) is 5.51. The monoisotopic (exact) mass is 328 g/mol. The smallest absolute Gasteiger partial charge is 0.276 e. The van der Waals surface area contributed by atoms with Gasteiger partial charge in [0.05, 0.1) is 13.7 Å². The number of thiocarbonyl (C=S) groups is 1. The normalized spacial score (nSPS) is 16.1. The van der Waals surface area contributed by atoms with Crippen LogP contribution in [0, 0.1) is 0 Å². The van der Waals surface area contributed by atoms with Crippen LogP contribution in [0.3, 0.4) is 0 Å². The average Bonchev–Trinajstić information content (AvgIpc) is 3.13. The highest BCUT2D eigenvalue weighted by atomic mass is 32.1. The molecule has 1 amide bonds. The van der Waals surface area contributed by atoms with Crippen molar-refractivity contribution in [1.29, 1.82) is 0 Å². The SMILES string of the molecule is COc1ccc(/C=C2/NC(=S)N(C)C2=O)cc1Cn1cccn1. The van der Waals surface area contributed by atoms with Crippen molar-refractivity contribution in [3.8, 4) is 5.75 Å². The highest BCUT2D eigenvalue weighted by Gasteiger charge is 2.26. The van der Waals surface area contributed by atoms with E-state index >= 15 is 0 Å². The lowest BCUT2D eigenvalue weighted by molar-refractivity contribution is -0.121. The van der Waals surface area contributed by atoms with Gasteiger partial charge in [-0.25, -0.2) is 0 Å². The summed E-state index contributed by atoms with van der Waals surface area (Å²) >= 11 is 5.08. The van der Waals surface area contributed by atoms with E-state index in [1.807, 2.05) is 35.1 Å². The standard InChI is InChI=1S/C16H16N4O2S/c1-19-15(21)13(18-16(19)23)9-11-4-5-14(22-2)12(8-11)10-20-7-3-6-17-20/h3-9H,10H2,1-2H3,(H,18,23)/b13-9+. The molecule has 0 bridgehead atoms. The summed E-state index contributed by atoms with van der Waals surface area (Å²) in [5, 5.41) is 7.53. The second kappa shape index (κ2) is 6.21. The molecule has 2 aromatic rings. The Morgan fingerprint density at radius 1 is 1.43 bits per heavy atom. The molecule has 1 aliphatic heterocycles. The van der Waals surface area contributed by atoms with E-state index in [-0.39, 0.29) is 5.91 Å². The topological polar surface area (TPSA) is 59.4 Å². The number of amides is 1. The number of ether oxygens (including phenoxy) is 1. The third-order valence-electron chi connectivity index (χ3n) is 3.59. The fraction of sp³-hybridized carbons (Fsp3) is 0.188. The van der Waals surface area contributed by atoms with Gasteiger partial charge < -0.3 is 10.1 Å². The first kappa shape index (κ1) is 15.2. The zero-order chi connectivity index (χ0) is 16.4. The second-order valence-electron chi connectivity index (χ2n) is 5.13. The maximum atomic E-state index is 12.1. The molecule has 23 heavy (non-hydrogen) atoms. The molecule has 1 aliphatic rings. The number of nitrogens with zero attached hydrogens (tertiary/aromatic N) is 3. The number of aromatic nitrogens is 2. The van der Waals surface area contributed by atoms with Gasteiger partial charge in [-0.05, 0) is 42.1 Å². The molecule has 118 valence electrons. The zero-order valence-electron chi connectivity index (χ0n) is 12.8. The number of likely N-dealkylation sites (N-methyl/N-ethyl adjacent to an activating group) is 1. The highest BCUT2D eigenvalue weighted by molar-refractivity contribution is 7.80. The minimum atomic E-state index is -0.139. The van der Waals surface area contributed by atoms with Crippen LogP contribution < -0.4 is 10.1 Å². The van der Waals surface area contributed by atoms with Crippen LogP contribution >= 0.6 is 12.2 Å². The summed E-state index contributed by atoms with van der Waals surface area (Å²) in [6.45, 7) is 0.590. The lowest BCUT2D eigenvalue weighted by Crippen LogP contribution is -2.25. The van der Waals surface area contributed by atoms with Gasteiger partial charge in [0.15, 0.2) is 5.11 Å². The summed E-state index contributed by atoms with van der Waals surface area (Å²) in [4.78, 5) is 13.5. The third kappa shape index (κ3) is 3.09. The summed E-state index contributed by atoms with van der Waals surface area (Å²) in [5.74, 6) is 0.639. The maximum absolute atomic E-state index is 12.1. The van der Waals surface area contributed by atoms with Gasteiger partial charge >= 0.3 is 0 Å². The number of rotatable bonds is 4. The van der Waals surface area contributed by atoms with Crippen molar-refractivity contribution < 1.29 is 9.53 Å². The number of carbonyl (C=O) groups excluding carboxylic acids is 1. The average molecular weight is 328 g/mol. The number of hydrogen-bond donors (Lipinski definition) is 1. The molecular formula is C16H16N4O2S. The fourth-order valence-electron chi connectivity index (χ4n) is 2.37. The summed E-state index contributed by atoms with van der Waals surface area (Å²) in [7, 11) is 3.28.